The number of thioether (sulfide) groups is 1. The van der Waals surface area contributed by atoms with E-state index in [1.165, 1.54) is 13.4 Å². The Morgan fingerprint density at radius 1 is 1.05 bits per heavy atom. The number of hydrogen-bond donors (Lipinski definition) is 4. The lowest BCUT2D eigenvalue weighted by molar-refractivity contribution is -0.141. The second kappa shape index (κ2) is 13.1. The normalized spacial score (nSPS) is 16.3. The van der Waals surface area contributed by atoms with Crippen molar-refractivity contribution in [1.82, 2.24) is 20.6 Å². The van der Waals surface area contributed by atoms with Crippen molar-refractivity contribution in [2.45, 2.75) is 43.0 Å². The second-order valence-corrected chi connectivity index (χ2v) is 10.2. The third-order valence-corrected chi connectivity index (χ3v) is 7.05. The number of benzene rings is 2. The predicted molar refractivity (Wildman–Crippen MR) is 144 cm³/mol. The lowest BCUT2D eigenvalue weighted by Crippen LogP contribution is -2.47. The Balaban J connectivity index is 1.32. The SMILES string of the molecule is COC(=O)CC(Cc1ccc(Oc2ccc(CC3SC(=O)NC3=O)cc2)cc1)NC(=O)C(N)Cc1cnc[nH]1. The number of aromatic nitrogens is 2. The van der Waals surface area contributed by atoms with Crippen molar-refractivity contribution in [3.8, 4) is 11.5 Å². The first-order chi connectivity index (χ1) is 18.8. The zero-order chi connectivity index (χ0) is 27.8. The van der Waals surface area contributed by atoms with E-state index in [1.807, 2.05) is 24.3 Å². The van der Waals surface area contributed by atoms with Gasteiger partial charge in [0.1, 0.15) is 11.5 Å². The van der Waals surface area contributed by atoms with Crippen LogP contribution >= 0.6 is 11.8 Å². The Hall–Kier alpha value is -4.16. The first-order valence-corrected chi connectivity index (χ1v) is 13.1. The summed E-state index contributed by atoms with van der Waals surface area (Å²) >= 11 is 1.00. The molecule has 1 aliphatic rings. The molecule has 0 spiro atoms. The molecule has 204 valence electrons. The van der Waals surface area contributed by atoms with Gasteiger partial charge in [-0.1, -0.05) is 36.0 Å². The number of hydrogen-bond acceptors (Lipinski definition) is 9. The predicted octanol–water partition coefficient (Wildman–Crippen LogP) is 2.26. The fraction of sp³-hybridized carbons (Fsp3) is 0.296. The maximum atomic E-state index is 12.7. The van der Waals surface area contributed by atoms with Crippen molar-refractivity contribution in [2.75, 3.05) is 7.11 Å². The number of imidazole rings is 1. The second-order valence-electron chi connectivity index (χ2n) is 9.05. The average molecular weight is 552 g/mol. The van der Waals surface area contributed by atoms with Gasteiger partial charge in [0.2, 0.25) is 11.8 Å². The number of nitrogens with one attached hydrogen (secondary N) is 3. The maximum Gasteiger partial charge on any atom is 0.307 e. The zero-order valence-corrected chi connectivity index (χ0v) is 22.0. The molecule has 3 amide bonds. The Morgan fingerprint density at radius 3 is 2.28 bits per heavy atom. The fourth-order valence-corrected chi connectivity index (χ4v) is 4.90. The van der Waals surface area contributed by atoms with Gasteiger partial charge in [0.05, 0.1) is 31.1 Å². The standard InChI is InChI=1S/C27H29N5O6S/c1-37-24(33)13-18(31-25(34)22(28)12-19-14-29-15-30-19)10-16-2-6-20(7-3-16)38-21-8-4-17(5-9-21)11-23-26(35)32-27(36)39-23/h2-9,14-15,18,22-23H,10-13,28H2,1H3,(H,29,30)(H,31,34)(H,32,35,36). The zero-order valence-electron chi connectivity index (χ0n) is 21.2. The molecule has 39 heavy (non-hydrogen) atoms. The molecule has 1 aromatic heterocycles. The van der Waals surface area contributed by atoms with Crippen LogP contribution in [0.3, 0.4) is 0 Å². The van der Waals surface area contributed by atoms with Gasteiger partial charge in [0, 0.05) is 24.4 Å². The van der Waals surface area contributed by atoms with E-state index in [0.717, 1.165) is 28.6 Å². The number of methoxy groups -OCH3 is 1. The summed E-state index contributed by atoms with van der Waals surface area (Å²) in [5, 5.41) is 4.41. The average Bonchev–Trinajstić information content (AvgIpc) is 3.54. The highest BCUT2D eigenvalue weighted by Crippen LogP contribution is 2.26. The van der Waals surface area contributed by atoms with Crippen LogP contribution in [-0.2, 0) is 38.4 Å². The number of nitrogens with two attached hydrogens (primary N) is 1. The summed E-state index contributed by atoms with van der Waals surface area (Å²) in [6, 6.07) is 13.3. The number of nitrogens with zero attached hydrogens (tertiary/aromatic N) is 1. The molecule has 0 bridgehead atoms. The van der Waals surface area contributed by atoms with Gasteiger partial charge in [-0.05, 0) is 48.2 Å². The molecular formula is C27H29N5O6S. The molecule has 3 unspecified atom stereocenters. The summed E-state index contributed by atoms with van der Waals surface area (Å²) in [4.78, 5) is 54.6. The summed E-state index contributed by atoms with van der Waals surface area (Å²) in [6.07, 6.45) is 4.26. The van der Waals surface area contributed by atoms with Crippen molar-refractivity contribution >= 4 is 34.8 Å². The number of esters is 1. The number of amides is 3. The van der Waals surface area contributed by atoms with Gasteiger partial charge in [0.15, 0.2) is 0 Å². The summed E-state index contributed by atoms with van der Waals surface area (Å²) in [6.45, 7) is 0. The number of aromatic amines is 1. The Labute approximate surface area is 229 Å². The van der Waals surface area contributed by atoms with Crippen molar-refractivity contribution < 1.29 is 28.7 Å². The van der Waals surface area contributed by atoms with Crippen LogP contribution in [-0.4, -0.2) is 57.4 Å². The number of H-pyrrole nitrogens is 1. The van der Waals surface area contributed by atoms with E-state index in [9.17, 15) is 19.2 Å². The van der Waals surface area contributed by atoms with Crippen LogP contribution in [0.1, 0.15) is 23.2 Å². The van der Waals surface area contributed by atoms with E-state index in [0.29, 0.717) is 30.8 Å². The maximum absolute atomic E-state index is 12.7. The quantitative estimate of drug-likeness (QED) is 0.247. The third kappa shape index (κ3) is 8.16. The summed E-state index contributed by atoms with van der Waals surface area (Å²) in [5.74, 6) is 0.146. The van der Waals surface area contributed by atoms with Gasteiger partial charge in [0.25, 0.3) is 5.24 Å². The molecule has 0 saturated carbocycles. The van der Waals surface area contributed by atoms with Crippen LogP contribution in [0.15, 0.2) is 61.1 Å². The van der Waals surface area contributed by atoms with Gasteiger partial charge in [-0.2, -0.15) is 0 Å². The molecule has 0 aliphatic carbocycles. The molecule has 11 nitrogen and oxygen atoms in total. The molecular weight excluding hydrogens is 522 g/mol. The van der Waals surface area contributed by atoms with Crippen molar-refractivity contribution in [1.29, 1.82) is 0 Å². The van der Waals surface area contributed by atoms with Gasteiger partial charge >= 0.3 is 5.97 Å². The highest BCUT2D eigenvalue weighted by atomic mass is 32.2. The molecule has 0 radical (unpaired) electrons. The third-order valence-electron chi connectivity index (χ3n) is 6.07. The van der Waals surface area contributed by atoms with E-state index in [-0.39, 0.29) is 23.5 Å². The molecule has 2 heterocycles. The van der Waals surface area contributed by atoms with E-state index in [1.54, 1.807) is 30.5 Å². The number of rotatable bonds is 12. The van der Waals surface area contributed by atoms with E-state index in [4.69, 9.17) is 15.2 Å². The minimum atomic E-state index is -0.802. The summed E-state index contributed by atoms with van der Waals surface area (Å²) < 4.78 is 10.7. The lowest BCUT2D eigenvalue weighted by atomic mass is 10.0. The minimum Gasteiger partial charge on any atom is -0.469 e. The lowest BCUT2D eigenvalue weighted by Gasteiger charge is -2.20. The Morgan fingerprint density at radius 2 is 1.72 bits per heavy atom. The van der Waals surface area contributed by atoms with Gasteiger partial charge in [-0.3, -0.25) is 24.5 Å². The molecule has 4 rings (SSSR count). The number of carbonyl (C=O) groups is 4. The van der Waals surface area contributed by atoms with Crippen LogP contribution in [0.4, 0.5) is 4.79 Å². The van der Waals surface area contributed by atoms with Crippen molar-refractivity contribution in [3.63, 3.8) is 0 Å². The van der Waals surface area contributed by atoms with Gasteiger partial charge in [-0.25, -0.2) is 4.98 Å². The largest absolute Gasteiger partial charge is 0.469 e. The molecule has 1 fully saturated rings. The molecule has 1 aliphatic heterocycles. The summed E-state index contributed by atoms with van der Waals surface area (Å²) in [5.41, 5.74) is 8.59. The number of carbonyl (C=O) groups excluding carboxylic acids is 4. The molecule has 5 N–H and O–H groups in total. The fourth-order valence-electron chi connectivity index (χ4n) is 4.04. The van der Waals surface area contributed by atoms with Crippen LogP contribution in [0.5, 0.6) is 11.5 Å². The molecule has 2 aromatic carbocycles. The van der Waals surface area contributed by atoms with Crippen LogP contribution in [0.25, 0.3) is 0 Å². The summed E-state index contributed by atoms with van der Waals surface area (Å²) in [7, 11) is 1.30. The topological polar surface area (TPSA) is 165 Å². The van der Waals surface area contributed by atoms with Crippen LogP contribution < -0.4 is 21.1 Å². The highest BCUT2D eigenvalue weighted by Gasteiger charge is 2.31. The Kier molecular flexibility index (Phi) is 9.34. The van der Waals surface area contributed by atoms with Gasteiger partial charge < -0.3 is 25.5 Å². The van der Waals surface area contributed by atoms with Gasteiger partial charge in [-0.15, -0.1) is 0 Å². The Bertz CT molecular complexity index is 1300. The minimum absolute atomic E-state index is 0.00119. The monoisotopic (exact) mass is 551 g/mol. The van der Waals surface area contributed by atoms with Crippen molar-refractivity contribution in [3.05, 3.63) is 77.9 Å². The highest BCUT2D eigenvalue weighted by molar-refractivity contribution is 8.15. The van der Waals surface area contributed by atoms with Crippen LogP contribution in [0.2, 0.25) is 0 Å². The van der Waals surface area contributed by atoms with E-state index < -0.39 is 23.3 Å². The van der Waals surface area contributed by atoms with Crippen LogP contribution in [0, 0.1) is 0 Å². The number of ether oxygens (including phenoxy) is 2. The molecule has 1 saturated heterocycles. The number of imide groups is 1. The molecule has 3 atom stereocenters. The van der Waals surface area contributed by atoms with E-state index >= 15 is 0 Å². The van der Waals surface area contributed by atoms with Crippen molar-refractivity contribution in [2.24, 2.45) is 5.73 Å². The molecule has 3 aromatic rings. The smallest absolute Gasteiger partial charge is 0.307 e. The molecule has 12 heteroatoms. The first kappa shape index (κ1) is 27.9. The first-order valence-electron chi connectivity index (χ1n) is 12.3. The van der Waals surface area contributed by atoms with E-state index in [2.05, 4.69) is 20.6 Å².